The summed E-state index contributed by atoms with van der Waals surface area (Å²) in [5.41, 5.74) is 8.77. The Morgan fingerprint density at radius 3 is 2.70 bits per heavy atom. The Morgan fingerprint density at radius 2 is 2.00 bits per heavy atom. The molecule has 1 aromatic carbocycles. The molecule has 20 heavy (non-hydrogen) atoms. The van der Waals surface area contributed by atoms with Crippen molar-refractivity contribution in [1.29, 1.82) is 0 Å². The number of hydrogen-bond acceptors (Lipinski definition) is 3. The van der Waals surface area contributed by atoms with Gasteiger partial charge >= 0.3 is 0 Å². The molecule has 0 bridgehead atoms. The van der Waals surface area contributed by atoms with E-state index >= 15 is 0 Å². The normalized spacial score (nSPS) is 10.9. The summed E-state index contributed by atoms with van der Waals surface area (Å²) in [5, 5.41) is 0. The lowest BCUT2D eigenvalue weighted by Gasteiger charge is -2.22. The molecule has 1 heterocycles. The lowest BCUT2D eigenvalue weighted by Crippen LogP contribution is -2.24. The van der Waals surface area contributed by atoms with Crippen molar-refractivity contribution in [2.24, 2.45) is 0 Å². The van der Waals surface area contributed by atoms with Gasteiger partial charge in [-0.3, -0.25) is 9.88 Å². The molecule has 0 unspecified atom stereocenters. The van der Waals surface area contributed by atoms with Crippen molar-refractivity contribution in [2.45, 2.75) is 26.4 Å². The molecule has 0 spiro atoms. The van der Waals surface area contributed by atoms with Crippen molar-refractivity contribution < 1.29 is 4.39 Å². The number of pyridine rings is 1. The van der Waals surface area contributed by atoms with Crippen molar-refractivity contribution in [3.05, 3.63) is 59.7 Å². The number of aromatic nitrogens is 1. The van der Waals surface area contributed by atoms with Gasteiger partial charge in [0, 0.05) is 25.0 Å². The first-order chi connectivity index (χ1) is 9.69. The molecule has 4 heteroatoms. The number of anilines is 1. The van der Waals surface area contributed by atoms with Crippen LogP contribution in [0.4, 0.5) is 10.1 Å². The second-order valence-corrected chi connectivity index (χ2v) is 4.92. The van der Waals surface area contributed by atoms with Gasteiger partial charge in [-0.1, -0.05) is 25.1 Å². The Kier molecular flexibility index (Phi) is 5.07. The number of rotatable bonds is 6. The molecule has 106 valence electrons. The Bertz CT molecular complexity index is 557. The van der Waals surface area contributed by atoms with Gasteiger partial charge in [0.25, 0.3) is 0 Å². The summed E-state index contributed by atoms with van der Waals surface area (Å²) in [4.78, 5) is 6.15. The number of nitrogens with two attached hydrogens (primary N) is 1. The number of para-hydroxylation sites is 1. The van der Waals surface area contributed by atoms with Gasteiger partial charge in [-0.2, -0.15) is 0 Å². The molecule has 0 saturated carbocycles. The van der Waals surface area contributed by atoms with E-state index in [0.29, 0.717) is 6.54 Å². The molecule has 0 aliphatic rings. The molecule has 1 aromatic heterocycles. The Labute approximate surface area is 119 Å². The highest BCUT2D eigenvalue weighted by Crippen LogP contribution is 2.15. The van der Waals surface area contributed by atoms with E-state index in [0.717, 1.165) is 36.3 Å². The lowest BCUT2D eigenvalue weighted by atomic mass is 10.1. The van der Waals surface area contributed by atoms with E-state index in [1.807, 2.05) is 24.3 Å². The van der Waals surface area contributed by atoms with Crippen molar-refractivity contribution in [3.63, 3.8) is 0 Å². The molecule has 3 nitrogen and oxygen atoms in total. The fraction of sp³-hybridized carbons (Fsp3) is 0.312. The average Bonchev–Trinajstić information content (AvgIpc) is 2.42. The first-order valence-corrected chi connectivity index (χ1v) is 6.84. The van der Waals surface area contributed by atoms with Gasteiger partial charge in [-0.05, 0) is 36.2 Å². The van der Waals surface area contributed by atoms with Gasteiger partial charge in [-0.25, -0.2) is 4.39 Å². The van der Waals surface area contributed by atoms with Crippen LogP contribution in [0.5, 0.6) is 0 Å². The topological polar surface area (TPSA) is 42.2 Å². The molecule has 0 aliphatic heterocycles. The van der Waals surface area contributed by atoms with E-state index in [1.165, 1.54) is 12.3 Å². The number of nitrogen functional groups attached to an aromatic ring is 1. The Balaban J connectivity index is 2.09. The van der Waals surface area contributed by atoms with E-state index in [9.17, 15) is 4.39 Å². The predicted octanol–water partition coefficient (Wildman–Crippen LogP) is 3.22. The smallest absolute Gasteiger partial charge is 0.141 e. The zero-order chi connectivity index (χ0) is 14.4. The van der Waals surface area contributed by atoms with Crippen LogP contribution >= 0.6 is 0 Å². The van der Waals surface area contributed by atoms with Crippen LogP contribution < -0.4 is 5.73 Å². The molecule has 0 saturated heterocycles. The third-order valence-electron chi connectivity index (χ3n) is 3.16. The summed E-state index contributed by atoms with van der Waals surface area (Å²) >= 11 is 0. The predicted molar refractivity (Wildman–Crippen MR) is 79.5 cm³/mol. The van der Waals surface area contributed by atoms with Crippen LogP contribution in [0.15, 0.2) is 42.7 Å². The molecular formula is C16H20FN3. The summed E-state index contributed by atoms with van der Waals surface area (Å²) in [6.45, 7) is 4.50. The summed E-state index contributed by atoms with van der Waals surface area (Å²) in [7, 11) is 0. The van der Waals surface area contributed by atoms with Gasteiger partial charge < -0.3 is 5.73 Å². The summed E-state index contributed by atoms with van der Waals surface area (Å²) in [6, 6.07) is 9.38. The Morgan fingerprint density at radius 1 is 1.20 bits per heavy atom. The second kappa shape index (κ2) is 7.01. The van der Waals surface area contributed by atoms with Crippen LogP contribution in [-0.4, -0.2) is 16.4 Å². The molecule has 0 aliphatic carbocycles. The summed E-state index contributed by atoms with van der Waals surface area (Å²) in [6.07, 6.45) is 3.97. The molecule has 0 fully saturated rings. The number of benzene rings is 1. The minimum absolute atomic E-state index is 0.293. The average molecular weight is 273 g/mol. The first-order valence-electron chi connectivity index (χ1n) is 6.84. The van der Waals surface area contributed by atoms with Crippen LogP contribution in [0.1, 0.15) is 24.5 Å². The van der Waals surface area contributed by atoms with Gasteiger partial charge in [0.15, 0.2) is 0 Å². The van der Waals surface area contributed by atoms with Crippen molar-refractivity contribution in [1.82, 2.24) is 9.88 Å². The highest BCUT2D eigenvalue weighted by Gasteiger charge is 2.09. The van der Waals surface area contributed by atoms with E-state index < -0.39 is 0 Å². The van der Waals surface area contributed by atoms with Crippen molar-refractivity contribution in [2.75, 3.05) is 12.3 Å². The third kappa shape index (κ3) is 4.03. The Hall–Kier alpha value is -1.94. The molecule has 2 N–H and O–H groups in total. The SMILES string of the molecule is CCCN(Cc1cncc(F)c1)Cc1ccccc1N. The van der Waals surface area contributed by atoms with Gasteiger partial charge in [-0.15, -0.1) is 0 Å². The molecule has 0 radical (unpaired) electrons. The largest absolute Gasteiger partial charge is 0.398 e. The fourth-order valence-electron chi connectivity index (χ4n) is 2.25. The number of nitrogens with zero attached hydrogens (tertiary/aromatic N) is 2. The highest BCUT2D eigenvalue weighted by molar-refractivity contribution is 5.46. The third-order valence-corrected chi connectivity index (χ3v) is 3.16. The van der Waals surface area contributed by atoms with Gasteiger partial charge in [0.1, 0.15) is 5.82 Å². The quantitative estimate of drug-likeness (QED) is 0.822. The molecule has 2 rings (SSSR count). The van der Waals surface area contributed by atoms with Crippen LogP contribution in [0.25, 0.3) is 0 Å². The van der Waals surface area contributed by atoms with Crippen molar-refractivity contribution >= 4 is 5.69 Å². The lowest BCUT2D eigenvalue weighted by molar-refractivity contribution is 0.257. The fourth-order valence-corrected chi connectivity index (χ4v) is 2.25. The second-order valence-electron chi connectivity index (χ2n) is 4.92. The van der Waals surface area contributed by atoms with Crippen LogP contribution in [0.3, 0.4) is 0 Å². The van der Waals surface area contributed by atoms with Crippen molar-refractivity contribution in [3.8, 4) is 0 Å². The number of halogens is 1. The monoisotopic (exact) mass is 273 g/mol. The minimum atomic E-state index is -0.293. The maximum Gasteiger partial charge on any atom is 0.141 e. The highest BCUT2D eigenvalue weighted by atomic mass is 19.1. The van der Waals surface area contributed by atoms with Gasteiger partial charge in [0.05, 0.1) is 6.20 Å². The standard InChI is InChI=1S/C16H20FN3/c1-2-7-20(11-13-8-15(17)10-19-9-13)12-14-5-3-4-6-16(14)18/h3-6,8-10H,2,7,11-12,18H2,1H3. The summed E-state index contributed by atoms with van der Waals surface area (Å²) < 4.78 is 13.2. The minimum Gasteiger partial charge on any atom is -0.398 e. The zero-order valence-electron chi connectivity index (χ0n) is 11.7. The van der Waals surface area contributed by atoms with Gasteiger partial charge in [0.2, 0.25) is 0 Å². The maximum absolute atomic E-state index is 13.2. The maximum atomic E-state index is 13.2. The van der Waals surface area contributed by atoms with Crippen LogP contribution in [-0.2, 0) is 13.1 Å². The summed E-state index contributed by atoms with van der Waals surface area (Å²) in [5.74, 6) is -0.293. The molecule has 0 amide bonds. The number of hydrogen-bond donors (Lipinski definition) is 1. The van der Waals surface area contributed by atoms with Crippen LogP contribution in [0.2, 0.25) is 0 Å². The van der Waals surface area contributed by atoms with E-state index in [-0.39, 0.29) is 5.82 Å². The zero-order valence-corrected chi connectivity index (χ0v) is 11.7. The first kappa shape index (κ1) is 14.5. The molecular weight excluding hydrogens is 253 g/mol. The van der Waals surface area contributed by atoms with E-state index in [4.69, 9.17) is 5.73 Å². The molecule has 2 aromatic rings. The van der Waals surface area contributed by atoms with Crippen LogP contribution in [0, 0.1) is 5.82 Å². The van der Waals surface area contributed by atoms with E-state index in [2.05, 4.69) is 16.8 Å². The van der Waals surface area contributed by atoms with E-state index in [1.54, 1.807) is 6.20 Å². The molecule has 0 atom stereocenters.